The predicted molar refractivity (Wildman–Crippen MR) is 69.2 cm³/mol. The molecule has 7 nitrogen and oxygen atoms in total. The molecule has 0 spiro atoms. The van der Waals surface area contributed by atoms with Gasteiger partial charge < -0.3 is 29.3 Å². The van der Waals surface area contributed by atoms with E-state index in [9.17, 15) is 9.46 Å². The van der Waals surface area contributed by atoms with Gasteiger partial charge in [-0.25, -0.2) is 0 Å². The van der Waals surface area contributed by atoms with Crippen molar-refractivity contribution in [3.8, 4) is 0 Å². The summed E-state index contributed by atoms with van der Waals surface area (Å²) >= 11 is 0. The summed E-state index contributed by atoms with van der Waals surface area (Å²) in [4.78, 5) is 19.2. The van der Waals surface area contributed by atoms with Gasteiger partial charge in [-0.05, 0) is 19.3 Å². The first kappa shape index (κ1) is 17.0. The molecule has 1 atom stereocenters. The highest BCUT2D eigenvalue weighted by Crippen LogP contribution is 2.30. The van der Waals surface area contributed by atoms with Gasteiger partial charge in [0, 0.05) is 6.54 Å². The zero-order chi connectivity index (χ0) is 14.2. The number of nitrogens with two attached hydrogens (primary N) is 1. The van der Waals surface area contributed by atoms with E-state index in [4.69, 9.17) is 15.4 Å². The lowest BCUT2D eigenvalue weighted by Crippen LogP contribution is -2.55. The van der Waals surface area contributed by atoms with Gasteiger partial charge in [0.1, 0.15) is 19.7 Å². The number of rotatable bonds is 9. The van der Waals surface area contributed by atoms with Crippen molar-refractivity contribution in [2.75, 3.05) is 52.5 Å². The number of nitrogens with zero attached hydrogens (tertiary/aromatic N) is 1. The van der Waals surface area contributed by atoms with Crippen molar-refractivity contribution in [1.82, 2.24) is 0 Å². The van der Waals surface area contributed by atoms with Crippen LogP contribution in [0.1, 0.15) is 19.3 Å². The van der Waals surface area contributed by atoms with Gasteiger partial charge in [-0.3, -0.25) is 4.57 Å². The van der Waals surface area contributed by atoms with Gasteiger partial charge in [0.25, 0.3) is 7.82 Å². The van der Waals surface area contributed by atoms with E-state index in [0.717, 1.165) is 37.0 Å². The van der Waals surface area contributed by atoms with Gasteiger partial charge in [0.15, 0.2) is 0 Å². The maximum absolute atomic E-state index is 10.6. The molecule has 1 saturated heterocycles. The summed E-state index contributed by atoms with van der Waals surface area (Å²) < 4.78 is 21.3. The SMILES string of the molecule is NCCOCC[N+]1(CCOP(=O)([O-])O)CCCCC1. The van der Waals surface area contributed by atoms with Gasteiger partial charge in [-0.15, -0.1) is 0 Å². The topological polar surface area (TPSA) is 105 Å². The fraction of sp³-hybridized carbons (Fsp3) is 1.00. The molecule has 0 radical (unpaired) electrons. The second kappa shape index (κ2) is 8.32. The zero-order valence-corrected chi connectivity index (χ0v) is 12.2. The van der Waals surface area contributed by atoms with Crippen LogP contribution in [0.15, 0.2) is 0 Å². The molecule has 0 saturated carbocycles. The highest BCUT2D eigenvalue weighted by atomic mass is 31.2. The van der Waals surface area contributed by atoms with Crippen molar-refractivity contribution in [1.29, 1.82) is 0 Å². The normalized spacial score (nSPS) is 22.1. The Kier molecular flexibility index (Phi) is 7.46. The second-order valence-corrected chi connectivity index (χ2v) is 6.19. The standard InChI is InChI=1S/C11H25N2O5P/c12-4-9-17-10-7-13(5-2-1-3-6-13)8-11-18-19(14,15)16/h1-12H2,(H-,14,15,16). The molecule has 1 aliphatic heterocycles. The molecule has 114 valence electrons. The fourth-order valence-corrected chi connectivity index (χ4v) is 2.85. The van der Waals surface area contributed by atoms with E-state index in [1.165, 1.54) is 6.42 Å². The first-order valence-corrected chi connectivity index (χ1v) is 8.28. The van der Waals surface area contributed by atoms with E-state index in [1.807, 2.05) is 0 Å². The van der Waals surface area contributed by atoms with Gasteiger partial charge >= 0.3 is 0 Å². The van der Waals surface area contributed by atoms with Crippen LogP contribution in [0.3, 0.4) is 0 Å². The highest BCUT2D eigenvalue weighted by Gasteiger charge is 2.29. The summed E-state index contributed by atoms with van der Waals surface area (Å²) in [5.41, 5.74) is 5.37. The number of quaternary nitrogens is 1. The fourth-order valence-electron chi connectivity index (χ4n) is 2.54. The third-order valence-corrected chi connectivity index (χ3v) is 4.07. The van der Waals surface area contributed by atoms with E-state index in [1.54, 1.807) is 0 Å². The van der Waals surface area contributed by atoms with Crippen LogP contribution in [0.2, 0.25) is 0 Å². The van der Waals surface area contributed by atoms with Crippen molar-refractivity contribution in [3.63, 3.8) is 0 Å². The number of hydrogen-bond donors (Lipinski definition) is 2. The van der Waals surface area contributed by atoms with Crippen LogP contribution in [0.25, 0.3) is 0 Å². The quantitative estimate of drug-likeness (QED) is 0.336. The zero-order valence-electron chi connectivity index (χ0n) is 11.3. The van der Waals surface area contributed by atoms with Crippen LogP contribution in [0.4, 0.5) is 0 Å². The Labute approximate surface area is 114 Å². The monoisotopic (exact) mass is 296 g/mol. The van der Waals surface area contributed by atoms with Crippen molar-refractivity contribution >= 4 is 7.82 Å². The first-order chi connectivity index (χ1) is 8.97. The molecule has 0 aliphatic carbocycles. The molecule has 0 aromatic heterocycles. The minimum absolute atomic E-state index is 0.0220. The minimum Gasteiger partial charge on any atom is -0.756 e. The third kappa shape index (κ3) is 7.37. The smallest absolute Gasteiger partial charge is 0.265 e. The van der Waals surface area contributed by atoms with Crippen LogP contribution in [0, 0.1) is 0 Å². The Morgan fingerprint density at radius 1 is 1.16 bits per heavy atom. The maximum atomic E-state index is 10.6. The summed E-state index contributed by atoms with van der Waals surface area (Å²) in [5.74, 6) is 0. The predicted octanol–water partition coefficient (Wildman–Crippen LogP) is -0.560. The number of piperidine rings is 1. The number of hydrogen-bond acceptors (Lipinski definition) is 5. The van der Waals surface area contributed by atoms with Crippen molar-refractivity contribution < 1.29 is 28.1 Å². The van der Waals surface area contributed by atoms with Gasteiger partial charge in [0.05, 0.1) is 26.3 Å². The lowest BCUT2D eigenvalue weighted by Gasteiger charge is -2.41. The van der Waals surface area contributed by atoms with Crippen LogP contribution in [-0.4, -0.2) is 61.9 Å². The Balaban J connectivity index is 2.38. The highest BCUT2D eigenvalue weighted by molar-refractivity contribution is 7.44. The Hall–Kier alpha value is -0.0100. The number of ether oxygens (including phenoxy) is 1. The van der Waals surface area contributed by atoms with Gasteiger partial charge in [0.2, 0.25) is 0 Å². The summed E-state index contributed by atoms with van der Waals surface area (Å²) in [6.45, 7) is 5.11. The summed E-state index contributed by atoms with van der Waals surface area (Å²) in [7, 11) is -4.61. The van der Waals surface area contributed by atoms with Crippen molar-refractivity contribution in [3.05, 3.63) is 0 Å². The second-order valence-electron chi connectivity index (χ2n) is 5.00. The van der Waals surface area contributed by atoms with Crippen LogP contribution >= 0.6 is 7.82 Å². The van der Waals surface area contributed by atoms with Gasteiger partial charge in [-0.2, -0.15) is 0 Å². The van der Waals surface area contributed by atoms with Crippen molar-refractivity contribution in [2.45, 2.75) is 19.3 Å². The van der Waals surface area contributed by atoms with Crippen LogP contribution in [-0.2, 0) is 13.8 Å². The molecule has 19 heavy (non-hydrogen) atoms. The molecule has 1 unspecified atom stereocenters. The largest absolute Gasteiger partial charge is 0.756 e. The molecule has 0 aromatic carbocycles. The summed E-state index contributed by atoms with van der Waals surface area (Å²) in [6, 6.07) is 0. The van der Waals surface area contributed by atoms with E-state index in [0.29, 0.717) is 26.3 Å². The van der Waals surface area contributed by atoms with E-state index < -0.39 is 7.82 Å². The molecule has 0 aromatic rings. The lowest BCUT2D eigenvalue weighted by atomic mass is 10.1. The molecule has 1 rings (SSSR count). The summed E-state index contributed by atoms with van der Waals surface area (Å²) in [5, 5.41) is 0. The average Bonchev–Trinajstić information content (AvgIpc) is 2.34. The molecule has 0 amide bonds. The number of phosphoric acid groups is 1. The van der Waals surface area contributed by atoms with Crippen LogP contribution in [0.5, 0.6) is 0 Å². The number of phosphoric ester groups is 1. The third-order valence-electron chi connectivity index (χ3n) is 3.56. The van der Waals surface area contributed by atoms with E-state index in [2.05, 4.69) is 4.52 Å². The molecule has 3 N–H and O–H groups in total. The molecular weight excluding hydrogens is 271 g/mol. The van der Waals surface area contributed by atoms with E-state index >= 15 is 0 Å². The summed E-state index contributed by atoms with van der Waals surface area (Å²) in [6.07, 6.45) is 3.47. The molecule has 1 aliphatic rings. The first-order valence-electron chi connectivity index (χ1n) is 6.79. The van der Waals surface area contributed by atoms with E-state index in [-0.39, 0.29) is 6.61 Å². The van der Waals surface area contributed by atoms with Crippen molar-refractivity contribution in [2.24, 2.45) is 5.73 Å². The van der Waals surface area contributed by atoms with Crippen LogP contribution < -0.4 is 10.6 Å². The molecule has 1 heterocycles. The molecule has 0 bridgehead atoms. The Morgan fingerprint density at radius 3 is 2.37 bits per heavy atom. The minimum atomic E-state index is -4.61. The van der Waals surface area contributed by atoms with Gasteiger partial charge in [-0.1, -0.05) is 0 Å². The lowest BCUT2D eigenvalue weighted by molar-refractivity contribution is -0.932. The molecule has 8 heteroatoms. The maximum Gasteiger partial charge on any atom is 0.265 e. The number of likely N-dealkylation sites (tertiary alicyclic amines) is 1. The Morgan fingerprint density at radius 2 is 1.79 bits per heavy atom. The molecule has 1 fully saturated rings. The average molecular weight is 296 g/mol. The molecular formula is C11H25N2O5P. The Bertz CT molecular complexity index is 291.